The number of nitrogens with two attached hydrogens (primary N) is 1. The van der Waals surface area contributed by atoms with E-state index in [1.807, 2.05) is 23.1 Å². The van der Waals surface area contributed by atoms with Crippen molar-refractivity contribution in [3.05, 3.63) is 29.3 Å². The van der Waals surface area contributed by atoms with Crippen molar-refractivity contribution in [2.75, 3.05) is 26.8 Å². The van der Waals surface area contributed by atoms with Gasteiger partial charge in [-0.2, -0.15) is 0 Å². The van der Waals surface area contributed by atoms with Crippen molar-refractivity contribution in [3.8, 4) is 5.75 Å². The van der Waals surface area contributed by atoms with E-state index in [9.17, 15) is 9.90 Å². The van der Waals surface area contributed by atoms with Crippen molar-refractivity contribution < 1.29 is 14.6 Å². The van der Waals surface area contributed by atoms with Crippen LogP contribution >= 0.6 is 0 Å². The molecule has 1 aromatic rings. The van der Waals surface area contributed by atoms with Gasteiger partial charge < -0.3 is 20.5 Å². The first-order chi connectivity index (χ1) is 11.5. The summed E-state index contributed by atoms with van der Waals surface area (Å²) in [4.78, 5) is 15.1. The zero-order valence-corrected chi connectivity index (χ0v) is 14.7. The number of likely N-dealkylation sites (tertiary alicyclic amines) is 1. The van der Waals surface area contributed by atoms with E-state index in [2.05, 4.69) is 6.92 Å². The molecule has 24 heavy (non-hydrogen) atoms. The van der Waals surface area contributed by atoms with Crippen LogP contribution in [0, 0.1) is 5.41 Å². The minimum Gasteiger partial charge on any atom is -0.496 e. The highest BCUT2D eigenvalue weighted by atomic mass is 16.5. The number of aliphatic hydroxyl groups is 1. The highest BCUT2D eigenvalue weighted by Gasteiger charge is 2.46. The molecule has 0 aromatic heterocycles. The van der Waals surface area contributed by atoms with Crippen LogP contribution in [-0.2, 0) is 16.8 Å². The molecule has 0 spiro atoms. The number of carbonyl (C=O) groups excluding carboxylic acids is 1. The lowest BCUT2D eigenvalue weighted by Crippen LogP contribution is -2.55. The van der Waals surface area contributed by atoms with E-state index in [0.29, 0.717) is 19.5 Å². The third-order valence-corrected chi connectivity index (χ3v) is 6.18. The van der Waals surface area contributed by atoms with Crippen LogP contribution in [0.5, 0.6) is 5.75 Å². The van der Waals surface area contributed by atoms with Crippen molar-refractivity contribution in [1.29, 1.82) is 0 Å². The van der Waals surface area contributed by atoms with Crippen LogP contribution in [-0.4, -0.2) is 42.7 Å². The molecule has 1 amide bonds. The molecule has 3 rings (SSSR count). The zero-order chi connectivity index (χ0) is 17.4. The van der Waals surface area contributed by atoms with E-state index >= 15 is 0 Å². The number of rotatable bonds is 4. The molecular weight excluding hydrogens is 304 g/mol. The Balaban J connectivity index is 1.80. The van der Waals surface area contributed by atoms with Crippen LogP contribution in [0.1, 0.15) is 43.7 Å². The number of carbonyl (C=O) groups is 1. The molecule has 1 saturated heterocycles. The molecule has 3 N–H and O–H groups in total. The minimum absolute atomic E-state index is 0.0112. The second-order valence-corrected chi connectivity index (χ2v) is 7.26. The summed E-state index contributed by atoms with van der Waals surface area (Å²) >= 11 is 0. The maximum atomic E-state index is 13.2. The van der Waals surface area contributed by atoms with Gasteiger partial charge in [0.1, 0.15) is 11.3 Å². The number of methoxy groups -OCH3 is 1. The molecule has 1 aromatic carbocycles. The molecule has 132 valence electrons. The quantitative estimate of drug-likeness (QED) is 0.882. The minimum atomic E-state index is -0.949. The lowest BCUT2D eigenvalue weighted by molar-refractivity contribution is -0.140. The van der Waals surface area contributed by atoms with Crippen molar-refractivity contribution in [1.82, 2.24) is 4.90 Å². The monoisotopic (exact) mass is 332 g/mol. The first kappa shape index (κ1) is 17.2. The molecule has 1 atom stereocenters. The summed E-state index contributed by atoms with van der Waals surface area (Å²) in [5, 5.41) is 9.67. The molecule has 5 nitrogen and oxygen atoms in total. The molecule has 2 aliphatic rings. The van der Waals surface area contributed by atoms with Crippen LogP contribution in [0.2, 0.25) is 0 Å². The highest BCUT2D eigenvalue weighted by Crippen LogP contribution is 2.42. The molecule has 1 aliphatic carbocycles. The lowest BCUT2D eigenvalue weighted by Gasteiger charge is -2.42. The van der Waals surface area contributed by atoms with Gasteiger partial charge in [-0.05, 0) is 54.7 Å². The Bertz CT molecular complexity index is 617. The normalized spacial score (nSPS) is 25.4. The van der Waals surface area contributed by atoms with Crippen molar-refractivity contribution in [2.24, 2.45) is 11.1 Å². The number of hydrogen-bond acceptors (Lipinski definition) is 4. The lowest BCUT2D eigenvalue weighted by atomic mass is 9.76. The van der Waals surface area contributed by atoms with E-state index in [-0.39, 0.29) is 17.9 Å². The fourth-order valence-corrected chi connectivity index (χ4v) is 4.20. The average Bonchev–Trinajstić information content (AvgIpc) is 2.99. The summed E-state index contributed by atoms with van der Waals surface area (Å²) in [6.45, 7) is 3.65. The Morgan fingerprint density at radius 3 is 2.62 bits per heavy atom. The third kappa shape index (κ3) is 2.60. The summed E-state index contributed by atoms with van der Waals surface area (Å²) in [6.07, 6.45) is 4.01. The number of hydrogen-bond donors (Lipinski definition) is 2. The standard InChI is InChI=1S/C19H28N2O3/c1-3-18(13-22)9-11-21(12-10-18)17(23)19(20)8-7-14-15(19)5-4-6-16(14)24-2/h4-6,22H,3,7-13,20H2,1-2H3. The zero-order valence-electron chi connectivity index (χ0n) is 14.7. The number of amides is 1. The van der Waals surface area contributed by atoms with Gasteiger partial charge in [0, 0.05) is 19.7 Å². The predicted octanol–water partition coefficient (Wildman–Crippen LogP) is 1.81. The molecule has 0 saturated carbocycles. The summed E-state index contributed by atoms with van der Waals surface area (Å²) in [7, 11) is 1.65. The molecule has 0 bridgehead atoms. The Hall–Kier alpha value is -1.59. The molecule has 1 unspecified atom stereocenters. The second-order valence-electron chi connectivity index (χ2n) is 7.26. The van der Waals surface area contributed by atoms with Gasteiger partial charge in [-0.15, -0.1) is 0 Å². The van der Waals surface area contributed by atoms with Crippen molar-refractivity contribution in [3.63, 3.8) is 0 Å². The van der Waals surface area contributed by atoms with Crippen molar-refractivity contribution >= 4 is 5.91 Å². The SMILES string of the molecule is CCC1(CO)CCN(C(=O)C2(N)CCc3c(OC)cccc32)CC1. The van der Waals surface area contributed by atoms with E-state index in [1.165, 1.54) is 0 Å². The second kappa shape index (κ2) is 6.37. The first-order valence-electron chi connectivity index (χ1n) is 8.85. The molecule has 1 aliphatic heterocycles. The average molecular weight is 332 g/mol. The van der Waals surface area contributed by atoms with Gasteiger partial charge in [0.05, 0.1) is 7.11 Å². The largest absolute Gasteiger partial charge is 0.496 e. The van der Waals surface area contributed by atoms with Crippen LogP contribution in [0.15, 0.2) is 18.2 Å². The van der Waals surface area contributed by atoms with Gasteiger partial charge in [0.25, 0.3) is 0 Å². The fourth-order valence-electron chi connectivity index (χ4n) is 4.20. The van der Waals surface area contributed by atoms with Crippen LogP contribution < -0.4 is 10.5 Å². The van der Waals surface area contributed by atoms with E-state index in [4.69, 9.17) is 10.5 Å². The summed E-state index contributed by atoms with van der Waals surface area (Å²) in [5.74, 6) is 0.827. The maximum absolute atomic E-state index is 13.2. The number of fused-ring (bicyclic) bond motifs is 1. The van der Waals surface area contributed by atoms with Gasteiger partial charge in [-0.1, -0.05) is 19.1 Å². The number of piperidine rings is 1. The summed E-state index contributed by atoms with van der Waals surface area (Å²) < 4.78 is 5.42. The van der Waals surface area contributed by atoms with Crippen LogP contribution in [0.25, 0.3) is 0 Å². The number of nitrogens with zero attached hydrogens (tertiary/aromatic N) is 1. The summed E-state index contributed by atoms with van der Waals surface area (Å²) in [6, 6.07) is 5.78. The van der Waals surface area contributed by atoms with Crippen LogP contribution in [0.3, 0.4) is 0 Å². The Kier molecular flexibility index (Phi) is 4.58. The van der Waals surface area contributed by atoms with E-state index in [0.717, 1.165) is 42.6 Å². The Morgan fingerprint density at radius 1 is 1.33 bits per heavy atom. The van der Waals surface area contributed by atoms with Gasteiger partial charge in [0.15, 0.2) is 0 Å². The molecule has 0 radical (unpaired) electrons. The molecule has 5 heteroatoms. The van der Waals surface area contributed by atoms with Gasteiger partial charge in [-0.3, -0.25) is 4.79 Å². The third-order valence-electron chi connectivity index (χ3n) is 6.18. The maximum Gasteiger partial charge on any atom is 0.247 e. The smallest absolute Gasteiger partial charge is 0.247 e. The number of benzene rings is 1. The van der Waals surface area contributed by atoms with Crippen molar-refractivity contribution in [2.45, 2.75) is 44.6 Å². The highest BCUT2D eigenvalue weighted by molar-refractivity contribution is 5.89. The Labute approximate surface area is 143 Å². The topological polar surface area (TPSA) is 75.8 Å². The van der Waals surface area contributed by atoms with Crippen LogP contribution in [0.4, 0.5) is 0 Å². The number of ether oxygens (including phenoxy) is 1. The predicted molar refractivity (Wildman–Crippen MR) is 92.8 cm³/mol. The first-order valence-corrected chi connectivity index (χ1v) is 8.85. The van der Waals surface area contributed by atoms with Gasteiger partial charge >= 0.3 is 0 Å². The summed E-state index contributed by atoms with van der Waals surface area (Å²) in [5.41, 5.74) is 7.59. The Morgan fingerprint density at radius 2 is 2.04 bits per heavy atom. The van der Waals surface area contributed by atoms with Gasteiger partial charge in [0.2, 0.25) is 5.91 Å². The van der Waals surface area contributed by atoms with E-state index < -0.39 is 5.54 Å². The fraction of sp³-hybridized carbons (Fsp3) is 0.632. The van der Waals surface area contributed by atoms with E-state index in [1.54, 1.807) is 7.11 Å². The number of aliphatic hydroxyl groups excluding tert-OH is 1. The molecule has 1 fully saturated rings. The molecular formula is C19H28N2O3. The molecule has 1 heterocycles. The van der Waals surface area contributed by atoms with Gasteiger partial charge in [-0.25, -0.2) is 0 Å².